The van der Waals surface area contributed by atoms with Gasteiger partial charge >= 0.3 is 7.12 Å². The topological polar surface area (TPSA) is 77.8 Å². The summed E-state index contributed by atoms with van der Waals surface area (Å²) in [7, 11) is -5.79. The van der Waals surface area contributed by atoms with Gasteiger partial charge in [0, 0.05) is 13.1 Å². The third-order valence-electron chi connectivity index (χ3n) is 2.58. The molecule has 0 aliphatic carbocycles. The largest absolute Gasteiger partial charge is 0.488 e. The normalized spacial score (nSPS) is 11.9. The van der Waals surface area contributed by atoms with E-state index in [2.05, 4.69) is 0 Å². The number of benzene rings is 1. The highest BCUT2D eigenvalue weighted by Gasteiger charge is 2.26. The molecule has 0 heterocycles. The van der Waals surface area contributed by atoms with Gasteiger partial charge in [-0.05, 0) is 17.6 Å². The molecule has 0 spiro atoms. The fraction of sp³-hybridized carbons (Fsp3) is 0.400. The predicted molar refractivity (Wildman–Crippen MR) is 66.3 cm³/mol. The van der Waals surface area contributed by atoms with Gasteiger partial charge in [0.1, 0.15) is 10.7 Å². The van der Waals surface area contributed by atoms with Gasteiger partial charge in [-0.2, -0.15) is 4.31 Å². The maximum absolute atomic E-state index is 13.6. The molecular weight excluding hydrogens is 260 g/mol. The first-order chi connectivity index (χ1) is 8.34. The molecule has 18 heavy (non-hydrogen) atoms. The molecule has 0 saturated carbocycles. The molecule has 5 nitrogen and oxygen atoms in total. The molecule has 0 amide bonds. The Kier molecular flexibility index (Phi) is 4.86. The Morgan fingerprint density at radius 2 is 1.83 bits per heavy atom. The van der Waals surface area contributed by atoms with Crippen LogP contribution in [0.1, 0.15) is 13.8 Å². The summed E-state index contributed by atoms with van der Waals surface area (Å²) in [6, 6.07) is 2.97. The van der Waals surface area contributed by atoms with E-state index in [4.69, 9.17) is 10.0 Å². The summed E-state index contributed by atoms with van der Waals surface area (Å²) >= 11 is 0. The zero-order chi connectivity index (χ0) is 13.9. The quantitative estimate of drug-likeness (QED) is 0.713. The van der Waals surface area contributed by atoms with Crippen LogP contribution in [0.25, 0.3) is 0 Å². The molecular formula is C10H15BFNO4S. The van der Waals surface area contributed by atoms with Crippen molar-refractivity contribution in [2.45, 2.75) is 18.7 Å². The summed E-state index contributed by atoms with van der Waals surface area (Å²) in [5.74, 6) is -0.911. The van der Waals surface area contributed by atoms with Crippen molar-refractivity contribution in [2.75, 3.05) is 13.1 Å². The maximum Gasteiger partial charge on any atom is 0.488 e. The molecule has 0 fully saturated rings. The lowest BCUT2D eigenvalue weighted by Crippen LogP contribution is -2.34. The monoisotopic (exact) mass is 275 g/mol. The number of hydrogen-bond acceptors (Lipinski definition) is 4. The van der Waals surface area contributed by atoms with E-state index in [9.17, 15) is 12.8 Å². The average Bonchev–Trinajstić information content (AvgIpc) is 2.30. The van der Waals surface area contributed by atoms with Gasteiger partial charge < -0.3 is 10.0 Å². The van der Waals surface area contributed by atoms with Crippen LogP contribution in [0.4, 0.5) is 4.39 Å². The van der Waals surface area contributed by atoms with Crippen molar-refractivity contribution in [1.82, 2.24) is 4.31 Å². The van der Waals surface area contributed by atoms with Crippen molar-refractivity contribution < 1.29 is 22.9 Å². The van der Waals surface area contributed by atoms with Crippen LogP contribution in [0.5, 0.6) is 0 Å². The van der Waals surface area contributed by atoms with E-state index in [0.29, 0.717) is 0 Å². The highest BCUT2D eigenvalue weighted by atomic mass is 32.2. The van der Waals surface area contributed by atoms with E-state index >= 15 is 0 Å². The molecule has 0 bridgehead atoms. The summed E-state index contributed by atoms with van der Waals surface area (Å²) in [5.41, 5.74) is -0.0675. The van der Waals surface area contributed by atoms with Gasteiger partial charge in [-0.15, -0.1) is 0 Å². The minimum absolute atomic E-state index is 0.0675. The molecule has 1 aromatic carbocycles. The van der Waals surface area contributed by atoms with Gasteiger partial charge in [-0.3, -0.25) is 0 Å². The first kappa shape index (κ1) is 15.1. The van der Waals surface area contributed by atoms with Gasteiger partial charge in [0.2, 0.25) is 10.0 Å². The molecule has 0 aliphatic heterocycles. The van der Waals surface area contributed by atoms with Crippen molar-refractivity contribution in [3.05, 3.63) is 24.0 Å². The van der Waals surface area contributed by atoms with Gasteiger partial charge in [-0.25, -0.2) is 12.8 Å². The zero-order valence-corrected chi connectivity index (χ0v) is 11.0. The summed E-state index contributed by atoms with van der Waals surface area (Å²) in [6.45, 7) is 3.71. The molecule has 1 aromatic rings. The van der Waals surface area contributed by atoms with E-state index < -0.39 is 27.9 Å². The fourth-order valence-corrected chi connectivity index (χ4v) is 3.14. The first-order valence-corrected chi connectivity index (χ1v) is 6.94. The first-order valence-electron chi connectivity index (χ1n) is 5.50. The molecule has 2 N–H and O–H groups in total. The fourth-order valence-electron chi connectivity index (χ4n) is 1.58. The summed E-state index contributed by atoms with van der Waals surface area (Å²) in [4.78, 5) is -0.545. The van der Waals surface area contributed by atoms with E-state index in [-0.39, 0.29) is 18.6 Å². The molecule has 1 rings (SSSR count). The van der Waals surface area contributed by atoms with E-state index in [1.807, 2.05) is 0 Å². The minimum Gasteiger partial charge on any atom is -0.423 e. The van der Waals surface area contributed by atoms with Crippen LogP contribution in [0.15, 0.2) is 23.1 Å². The van der Waals surface area contributed by atoms with Gasteiger partial charge in [0.25, 0.3) is 0 Å². The van der Waals surface area contributed by atoms with Crippen LogP contribution >= 0.6 is 0 Å². The smallest absolute Gasteiger partial charge is 0.423 e. The molecule has 0 unspecified atom stereocenters. The molecule has 100 valence electrons. The third-order valence-corrected chi connectivity index (χ3v) is 4.64. The number of sulfonamides is 1. The van der Waals surface area contributed by atoms with E-state index in [0.717, 1.165) is 22.5 Å². The molecule has 8 heteroatoms. The summed E-state index contributed by atoms with van der Waals surface area (Å²) in [6.07, 6.45) is 0. The van der Waals surface area contributed by atoms with Crippen LogP contribution in [0.2, 0.25) is 0 Å². The van der Waals surface area contributed by atoms with Crippen molar-refractivity contribution >= 4 is 22.6 Å². The van der Waals surface area contributed by atoms with Crippen molar-refractivity contribution in [3.8, 4) is 0 Å². The molecule has 0 radical (unpaired) electrons. The minimum atomic E-state index is -3.95. The Hall–Kier alpha value is -0.955. The Morgan fingerprint density at radius 1 is 1.28 bits per heavy atom. The predicted octanol–water partition coefficient (Wildman–Crippen LogP) is -0.464. The lowest BCUT2D eigenvalue weighted by atomic mass is 9.80. The zero-order valence-electron chi connectivity index (χ0n) is 10.2. The van der Waals surface area contributed by atoms with Crippen LogP contribution in [0.3, 0.4) is 0 Å². The molecule has 0 aromatic heterocycles. The van der Waals surface area contributed by atoms with Crippen LogP contribution < -0.4 is 5.46 Å². The lowest BCUT2D eigenvalue weighted by molar-refractivity contribution is 0.425. The summed E-state index contributed by atoms with van der Waals surface area (Å²) in [5, 5.41) is 18.0. The Morgan fingerprint density at radius 3 is 2.28 bits per heavy atom. The molecule has 0 aliphatic rings. The second kappa shape index (κ2) is 5.79. The standard InChI is InChI=1S/C10H15BFNO4S/c1-3-13(4-2)18(16,17)10-7-8(11(14)15)5-6-9(10)12/h5-7,14-15H,3-4H2,1-2H3. The second-order valence-electron chi connectivity index (χ2n) is 3.65. The molecule has 0 saturated heterocycles. The van der Waals surface area contributed by atoms with E-state index in [1.54, 1.807) is 13.8 Å². The number of halogens is 1. The van der Waals surface area contributed by atoms with Crippen LogP contribution in [-0.4, -0.2) is 43.0 Å². The van der Waals surface area contributed by atoms with E-state index in [1.165, 1.54) is 0 Å². The van der Waals surface area contributed by atoms with Crippen molar-refractivity contribution in [3.63, 3.8) is 0 Å². The Bertz CT molecular complexity index is 517. The lowest BCUT2D eigenvalue weighted by Gasteiger charge is -2.19. The Balaban J connectivity index is 3.35. The highest BCUT2D eigenvalue weighted by molar-refractivity contribution is 7.89. The Labute approximate surface area is 106 Å². The van der Waals surface area contributed by atoms with Crippen LogP contribution in [0, 0.1) is 5.82 Å². The van der Waals surface area contributed by atoms with Crippen molar-refractivity contribution in [1.29, 1.82) is 0 Å². The molecule has 0 atom stereocenters. The highest BCUT2D eigenvalue weighted by Crippen LogP contribution is 2.17. The number of rotatable bonds is 5. The second-order valence-corrected chi connectivity index (χ2v) is 5.56. The number of nitrogens with zero attached hydrogens (tertiary/aromatic N) is 1. The summed E-state index contributed by atoms with van der Waals surface area (Å²) < 4.78 is 38.9. The van der Waals surface area contributed by atoms with Gasteiger partial charge in [0.05, 0.1) is 0 Å². The number of hydrogen-bond donors (Lipinski definition) is 2. The van der Waals surface area contributed by atoms with Crippen molar-refractivity contribution in [2.24, 2.45) is 0 Å². The maximum atomic E-state index is 13.6. The van der Waals surface area contributed by atoms with Gasteiger partial charge in [0.15, 0.2) is 0 Å². The SMILES string of the molecule is CCN(CC)S(=O)(=O)c1cc(B(O)O)ccc1F. The third kappa shape index (κ3) is 2.89. The average molecular weight is 275 g/mol. The van der Waals surface area contributed by atoms with Gasteiger partial charge in [-0.1, -0.05) is 19.9 Å². The van der Waals surface area contributed by atoms with Crippen LogP contribution in [-0.2, 0) is 10.0 Å².